The molecule has 0 saturated carbocycles. The van der Waals surface area contributed by atoms with Crippen molar-refractivity contribution < 1.29 is 0 Å². The van der Waals surface area contributed by atoms with Crippen LogP contribution in [-0.2, 0) is 0 Å². The maximum absolute atomic E-state index is 3.76. The lowest BCUT2D eigenvalue weighted by molar-refractivity contribution is 0.257. The van der Waals surface area contributed by atoms with Crippen LogP contribution in [0.5, 0.6) is 0 Å². The third kappa shape index (κ3) is 3.79. The van der Waals surface area contributed by atoms with Crippen LogP contribution in [0.1, 0.15) is 72.1 Å². The van der Waals surface area contributed by atoms with Crippen LogP contribution in [0.15, 0.2) is 0 Å². The molecule has 1 heteroatoms. The van der Waals surface area contributed by atoms with Gasteiger partial charge in [0.1, 0.15) is 0 Å². The first-order valence-electron chi connectivity index (χ1n) is 7.01. The van der Waals surface area contributed by atoms with Gasteiger partial charge in [0.15, 0.2) is 0 Å². The van der Waals surface area contributed by atoms with E-state index in [4.69, 9.17) is 0 Å². The Kier molecular flexibility index (Phi) is 5.66. The van der Waals surface area contributed by atoms with Gasteiger partial charge in [-0.05, 0) is 38.1 Å². The zero-order chi connectivity index (χ0) is 11.1. The molecule has 0 aromatic carbocycles. The smallest absolute Gasteiger partial charge is 0.0182 e. The highest BCUT2D eigenvalue weighted by Gasteiger charge is 2.33. The third-order valence-corrected chi connectivity index (χ3v) is 4.23. The van der Waals surface area contributed by atoms with Gasteiger partial charge in [0.2, 0.25) is 0 Å². The Bertz CT molecular complexity index is 159. The zero-order valence-corrected chi connectivity index (χ0v) is 10.9. The molecule has 2 unspecified atom stereocenters. The molecular formula is C14H29N. The van der Waals surface area contributed by atoms with Gasteiger partial charge in [-0.15, -0.1) is 0 Å². The second-order valence-electron chi connectivity index (χ2n) is 5.28. The molecule has 90 valence electrons. The van der Waals surface area contributed by atoms with Gasteiger partial charge in [-0.1, -0.05) is 46.5 Å². The van der Waals surface area contributed by atoms with Crippen LogP contribution in [0.3, 0.4) is 0 Å². The zero-order valence-electron chi connectivity index (χ0n) is 10.9. The van der Waals surface area contributed by atoms with E-state index in [1.807, 2.05) is 0 Å². The number of unbranched alkanes of at least 4 members (excludes halogenated alkanes) is 1. The first kappa shape index (κ1) is 13.0. The van der Waals surface area contributed by atoms with Crippen LogP contribution in [0.4, 0.5) is 0 Å². The summed E-state index contributed by atoms with van der Waals surface area (Å²) in [5, 5.41) is 3.76. The molecule has 1 fully saturated rings. The molecule has 0 aliphatic carbocycles. The van der Waals surface area contributed by atoms with Gasteiger partial charge >= 0.3 is 0 Å². The van der Waals surface area contributed by atoms with E-state index < -0.39 is 0 Å². The molecule has 1 heterocycles. The third-order valence-electron chi connectivity index (χ3n) is 4.23. The van der Waals surface area contributed by atoms with Crippen molar-refractivity contribution in [2.24, 2.45) is 5.92 Å². The molecule has 15 heavy (non-hydrogen) atoms. The largest absolute Gasteiger partial charge is 0.311 e. The van der Waals surface area contributed by atoms with E-state index in [9.17, 15) is 0 Å². The number of nitrogens with one attached hydrogen (secondary N) is 1. The van der Waals surface area contributed by atoms with Crippen molar-refractivity contribution in [3.63, 3.8) is 0 Å². The second kappa shape index (κ2) is 6.52. The molecule has 1 saturated heterocycles. The van der Waals surface area contributed by atoms with Crippen molar-refractivity contribution in [2.75, 3.05) is 6.54 Å². The average Bonchev–Trinajstić information content (AvgIpc) is 2.73. The topological polar surface area (TPSA) is 12.0 Å². The predicted octanol–water partition coefficient (Wildman–Crippen LogP) is 4.13. The Labute approximate surface area is 96.0 Å². The molecule has 1 N–H and O–H groups in total. The summed E-state index contributed by atoms with van der Waals surface area (Å²) in [5.74, 6) is 0.954. The molecule has 0 bridgehead atoms. The van der Waals surface area contributed by atoms with E-state index in [2.05, 4.69) is 26.1 Å². The second-order valence-corrected chi connectivity index (χ2v) is 5.28. The van der Waals surface area contributed by atoms with Gasteiger partial charge in [0, 0.05) is 5.54 Å². The number of hydrogen-bond acceptors (Lipinski definition) is 1. The molecule has 1 aliphatic heterocycles. The Morgan fingerprint density at radius 3 is 2.53 bits per heavy atom. The van der Waals surface area contributed by atoms with Gasteiger partial charge in [0.25, 0.3) is 0 Å². The SMILES string of the molecule is CCCCC(CC)CC1(CC)CCCN1. The highest BCUT2D eigenvalue weighted by Crippen LogP contribution is 2.33. The van der Waals surface area contributed by atoms with E-state index in [0.717, 1.165) is 5.92 Å². The molecule has 0 spiro atoms. The lowest BCUT2D eigenvalue weighted by Gasteiger charge is -2.32. The van der Waals surface area contributed by atoms with Crippen LogP contribution in [0.2, 0.25) is 0 Å². The maximum Gasteiger partial charge on any atom is 0.0182 e. The standard InChI is InChI=1S/C14H29N/c1-4-7-9-13(5-2)12-14(6-3)10-8-11-15-14/h13,15H,4-12H2,1-3H3. The highest BCUT2D eigenvalue weighted by atomic mass is 15.0. The maximum atomic E-state index is 3.76. The van der Waals surface area contributed by atoms with Gasteiger partial charge in [-0.25, -0.2) is 0 Å². The highest BCUT2D eigenvalue weighted by molar-refractivity contribution is 4.93. The van der Waals surface area contributed by atoms with Crippen molar-refractivity contribution in [3.05, 3.63) is 0 Å². The van der Waals surface area contributed by atoms with Crippen LogP contribution >= 0.6 is 0 Å². The fourth-order valence-electron chi connectivity index (χ4n) is 2.98. The van der Waals surface area contributed by atoms with Crippen LogP contribution in [-0.4, -0.2) is 12.1 Å². The van der Waals surface area contributed by atoms with E-state index in [1.54, 1.807) is 0 Å². The lowest BCUT2D eigenvalue weighted by atomic mass is 9.81. The summed E-state index contributed by atoms with van der Waals surface area (Å²) in [7, 11) is 0. The molecule has 2 atom stereocenters. The fraction of sp³-hybridized carbons (Fsp3) is 1.00. The summed E-state index contributed by atoms with van der Waals surface area (Å²) in [4.78, 5) is 0. The normalized spacial score (nSPS) is 28.2. The summed E-state index contributed by atoms with van der Waals surface area (Å²) in [6, 6.07) is 0. The first-order valence-corrected chi connectivity index (χ1v) is 7.01. The molecule has 1 aliphatic rings. The lowest BCUT2D eigenvalue weighted by Crippen LogP contribution is -2.40. The van der Waals surface area contributed by atoms with Crippen molar-refractivity contribution in [3.8, 4) is 0 Å². The summed E-state index contributed by atoms with van der Waals surface area (Å²) in [5.41, 5.74) is 0.508. The fourth-order valence-corrected chi connectivity index (χ4v) is 2.98. The Morgan fingerprint density at radius 2 is 2.07 bits per heavy atom. The van der Waals surface area contributed by atoms with Crippen molar-refractivity contribution in [1.29, 1.82) is 0 Å². The minimum Gasteiger partial charge on any atom is -0.311 e. The predicted molar refractivity (Wildman–Crippen MR) is 68.2 cm³/mol. The van der Waals surface area contributed by atoms with Crippen molar-refractivity contribution >= 4 is 0 Å². The summed E-state index contributed by atoms with van der Waals surface area (Å²) < 4.78 is 0. The number of hydrogen-bond donors (Lipinski definition) is 1. The molecule has 0 aromatic heterocycles. The molecule has 0 amide bonds. The first-order chi connectivity index (χ1) is 7.26. The monoisotopic (exact) mass is 211 g/mol. The minimum absolute atomic E-state index is 0.508. The Balaban J connectivity index is 2.40. The van der Waals surface area contributed by atoms with Gasteiger partial charge in [-0.3, -0.25) is 0 Å². The molecular weight excluding hydrogens is 182 g/mol. The van der Waals surface area contributed by atoms with Crippen LogP contribution < -0.4 is 5.32 Å². The minimum atomic E-state index is 0.508. The van der Waals surface area contributed by atoms with E-state index in [1.165, 1.54) is 57.9 Å². The summed E-state index contributed by atoms with van der Waals surface area (Å²) in [6.07, 6.45) is 11.1. The van der Waals surface area contributed by atoms with E-state index in [-0.39, 0.29) is 0 Å². The van der Waals surface area contributed by atoms with E-state index in [0.29, 0.717) is 5.54 Å². The van der Waals surface area contributed by atoms with E-state index >= 15 is 0 Å². The Morgan fingerprint density at radius 1 is 1.27 bits per heavy atom. The molecule has 0 aromatic rings. The number of rotatable bonds is 7. The van der Waals surface area contributed by atoms with Gasteiger partial charge < -0.3 is 5.32 Å². The van der Waals surface area contributed by atoms with Crippen LogP contribution in [0, 0.1) is 5.92 Å². The van der Waals surface area contributed by atoms with Gasteiger partial charge in [-0.2, -0.15) is 0 Å². The molecule has 1 rings (SSSR count). The quantitative estimate of drug-likeness (QED) is 0.668. The van der Waals surface area contributed by atoms with Crippen molar-refractivity contribution in [1.82, 2.24) is 5.32 Å². The average molecular weight is 211 g/mol. The molecule has 0 radical (unpaired) electrons. The van der Waals surface area contributed by atoms with Crippen LogP contribution in [0.25, 0.3) is 0 Å². The summed E-state index contributed by atoms with van der Waals surface area (Å²) >= 11 is 0. The van der Waals surface area contributed by atoms with Crippen molar-refractivity contribution in [2.45, 2.75) is 77.7 Å². The Hall–Kier alpha value is -0.0400. The van der Waals surface area contributed by atoms with Gasteiger partial charge in [0.05, 0.1) is 0 Å². The summed E-state index contributed by atoms with van der Waals surface area (Å²) in [6.45, 7) is 8.26. The molecule has 1 nitrogen and oxygen atoms in total.